The van der Waals surface area contributed by atoms with E-state index < -0.39 is 17.7 Å². The normalized spacial score (nSPS) is 17.9. The highest BCUT2D eigenvalue weighted by atomic mass is 79.9. The maximum Gasteiger partial charge on any atom is 0.329 e. The monoisotopic (exact) mass is 491 g/mol. The Morgan fingerprint density at radius 3 is 2.77 bits per heavy atom. The molecule has 0 saturated heterocycles. The lowest BCUT2D eigenvalue weighted by molar-refractivity contribution is -0.140. The van der Waals surface area contributed by atoms with Gasteiger partial charge in [0.05, 0.1) is 24.6 Å². The zero-order chi connectivity index (χ0) is 22.6. The van der Waals surface area contributed by atoms with E-state index in [0.717, 1.165) is 4.90 Å². The molecule has 0 saturated carbocycles. The smallest absolute Gasteiger partial charge is 0.329 e. The van der Waals surface area contributed by atoms with Crippen LogP contribution < -0.4 is 20.3 Å². The molecule has 1 heterocycles. The second kappa shape index (κ2) is 9.67. The standard InChI is InChI=1S/C22H26BrN3O5/c1-14(2)31-11-5-10-24-20(27)22(29)18-12-15(23)8-9-19(18)25-21(28)26(22)16-6-4-7-17(13-16)30-3/h4,6-9,12-14,29H,5,10-11H2,1-3H3,(H,24,27)(H,25,28)/t22-/m0/s1. The number of halogens is 1. The lowest BCUT2D eigenvalue weighted by atomic mass is 9.94. The molecule has 3 N–H and O–H groups in total. The van der Waals surface area contributed by atoms with Gasteiger partial charge in [0.2, 0.25) is 0 Å². The van der Waals surface area contributed by atoms with Crippen LogP contribution in [0.4, 0.5) is 16.2 Å². The molecule has 0 spiro atoms. The van der Waals surface area contributed by atoms with Crippen molar-refractivity contribution in [1.29, 1.82) is 0 Å². The van der Waals surface area contributed by atoms with Gasteiger partial charge in [-0.1, -0.05) is 22.0 Å². The molecule has 166 valence electrons. The lowest BCUT2D eigenvalue weighted by Crippen LogP contribution is -2.62. The van der Waals surface area contributed by atoms with Crippen molar-refractivity contribution in [2.75, 3.05) is 30.5 Å². The number of hydrogen-bond donors (Lipinski definition) is 3. The molecule has 0 aliphatic carbocycles. The van der Waals surface area contributed by atoms with Gasteiger partial charge in [0.1, 0.15) is 5.75 Å². The number of anilines is 2. The van der Waals surface area contributed by atoms with E-state index in [1.807, 2.05) is 13.8 Å². The number of hydrogen-bond acceptors (Lipinski definition) is 5. The van der Waals surface area contributed by atoms with Crippen molar-refractivity contribution in [3.05, 3.63) is 52.5 Å². The number of ether oxygens (including phenoxy) is 2. The summed E-state index contributed by atoms with van der Waals surface area (Å²) < 4.78 is 11.4. The van der Waals surface area contributed by atoms with Crippen LogP contribution in [0.3, 0.4) is 0 Å². The number of amides is 3. The van der Waals surface area contributed by atoms with Crippen molar-refractivity contribution < 1.29 is 24.2 Å². The predicted molar refractivity (Wildman–Crippen MR) is 121 cm³/mol. The highest BCUT2D eigenvalue weighted by Gasteiger charge is 2.52. The molecule has 2 aromatic rings. The highest BCUT2D eigenvalue weighted by molar-refractivity contribution is 9.10. The first kappa shape index (κ1) is 23.1. The molecule has 1 aliphatic heterocycles. The van der Waals surface area contributed by atoms with Crippen LogP contribution in [0.25, 0.3) is 0 Å². The quantitative estimate of drug-likeness (QED) is 0.490. The van der Waals surface area contributed by atoms with E-state index in [2.05, 4.69) is 26.6 Å². The molecule has 1 aliphatic rings. The van der Waals surface area contributed by atoms with Gasteiger partial charge in [-0.2, -0.15) is 0 Å². The number of aliphatic hydroxyl groups is 1. The molecule has 0 unspecified atom stereocenters. The number of fused-ring (bicyclic) bond motifs is 1. The fraction of sp³-hybridized carbons (Fsp3) is 0.364. The molecule has 0 bridgehead atoms. The van der Waals surface area contributed by atoms with Gasteiger partial charge in [0.25, 0.3) is 11.6 Å². The molecule has 8 nitrogen and oxygen atoms in total. The molecule has 3 amide bonds. The SMILES string of the molecule is COc1cccc(N2C(=O)Nc3ccc(Br)cc3[C@]2(O)C(=O)NCCCOC(C)C)c1. The van der Waals surface area contributed by atoms with Gasteiger partial charge in [-0.15, -0.1) is 0 Å². The van der Waals surface area contributed by atoms with Crippen LogP contribution in [0, 0.1) is 0 Å². The minimum absolute atomic E-state index is 0.0923. The molecule has 0 radical (unpaired) electrons. The van der Waals surface area contributed by atoms with Crippen LogP contribution in [0.1, 0.15) is 25.8 Å². The maximum absolute atomic E-state index is 13.3. The summed E-state index contributed by atoms with van der Waals surface area (Å²) in [5, 5.41) is 17.2. The molecule has 1 atom stereocenters. The van der Waals surface area contributed by atoms with Crippen LogP contribution in [0.5, 0.6) is 5.75 Å². The summed E-state index contributed by atoms with van der Waals surface area (Å²) in [6, 6.07) is 10.9. The Balaban J connectivity index is 1.98. The van der Waals surface area contributed by atoms with Crippen molar-refractivity contribution in [1.82, 2.24) is 5.32 Å². The van der Waals surface area contributed by atoms with E-state index in [9.17, 15) is 14.7 Å². The van der Waals surface area contributed by atoms with Gasteiger partial charge < -0.3 is 25.2 Å². The Labute approximate surface area is 189 Å². The molecule has 3 rings (SSSR count). The first-order valence-electron chi connectivity index (χ1n) is 9.95. The summed E-state index contributed by atoms with van der Waals surface area (Å²) >= 11 is 3.38. The largest absolute Gasteiger partial charge is 0.497 e. The van der Waals surface area contributed by atoms with Gasteiger partial charge in [-0.25, -0.2) is 4.79 Å². The van der Waals surface area contributed by atoms with Crippen LogP contribution >= 0.6 is 15.9 Å². The number of nitrogens with one attached hydrogen (secondary N) is 2. The minimum Gasteiger partial charge on any atom is -0.497 e. The van der Waals surface area contributed by atoms with E-state index in [0.29, 0.717) is 34.6 Å². The van der Waals surface area contributed by atoms with Crippen molar-refractivity contribution in [2.45, 2.75) is 32.1 Å². The highest BCUT2D eigenvalue weighted by Crippen LogP contribution is 2.41. The fourth-order valence-electron chi connectivity index (χ4n) is 3.35. The number of nitrogens with zero attached hydrogens (tertiary/aromatic N) is 1. The van der Waals surface area contributed by atoms with Gasteiger partial charge in [-0.3, -0.25) is 9.69 Å². The molecule has 9 heteroatoms. The number of urea groups is 1. The van der Waals surface area contributed by atoms with Crippen LogP contribution in [0.2, 0.25) is 0 Å². The zero-order valence-corrected chi connectivity index (χ0v) is 19.2. The van der Waals surface area contributed by atoms with Gasteiger partial charge >= 0.3 is 6.03 Å². The molecule has 2 aromatic carbocycles. The van der Waals surface area contributed by atoms with Crippen molar-refractivity contribution in [3.63, 3.8) is 0 Å². The summed E-state index contributed by atoms with van der Waals surface area (Å²) in [7, 11) is 1.50. The Kier molecular flexibility index (Phi) is 7.19. The minimum atomic E-state index is -2.27. The van der Waals surface area contributed by atoms with E-state index in [1.165, 1.54) is 7.11 Å². The molecule has 0 aromatic heterocycles. The third-order valence-corrected chi connectivity index (χ3v) is 5.30. The predicted octanol–water partition coefficient (Wildman–Crippen LogP) is 3.59. The third-order valence-electron chi connectivity index (χ3n) is 4.81. The van der Waals surface area contributed by atoms with E-state index in [1.54, 1.807) is 42.5 Å². The average Bonchev–Trinajstić information content (AvgIpc) is 2.74. The van der Waals surface area contributed by atoms with E-state index >= 15 is 0 Å². The lowest BCUT2D eigenvalue weighted by Gasteiger charge is -2.42. The summed E-state index contributed by atoms with van der Waals surface area (Å²) in [5.74, 6) is -0.229. The van der Waals surface area contributed by atoms with Crippen LogP contribution in [0.15, 0.2) is 46.9 Å². The summed E-state index contributed by atoms with van der Waals surface area (Å²) in [6.45, 7) is 4.62. The van der Waals surface area contributed by atoms with Crippen LogP contribution in [-0.2, 0) is 15.3 Å². The maximum atomic E-state index is 13.3. The van der Waals surface area contributed by atoms with Gasteiger partial charge in [0, 0.05) is 29.3 Å². The summed E-state index contributed by atoms with van der Waals surface area (Å²) in [4.78, 5) is 27.4. The Morgan fingerprint density at radius 2 is 2.06 bits per heavy atom. The summed E-state index contributed by atoms with van der Waals surface area (Å²) in [6.07, 6.45) is 0.658. The molecular weight excluding hydrogens is 466 g/mol. The second-order valence-electron chi connectivity index (χ2n) is 7.36. The van der Waals surface area contributed by atoms with Crippen LogP contribution in [-0.4, -0.2) is 43.4 Å². The van der Waals surface area contributed by atoms with Crippen molar-refractivity contribution in [2.24, 2.45) is 0 Å². The first-order valence-corrected chi connectivity index (χ1v) is 10.7. The number of carbonyl (C=O) groups is 2. The number of methoxy groups -OCH3 is 1. The molecule has 0 fully saturated rings. The Morgan fingerprint density at radius 1 is 1.29 bits per heavy atom. The molecule has 31 heavy (non-hydrogen) atoms. The summed E-state index contributed by atoms with van der Waals surface area (Å²) in [5.41, 5.74) is -1.36. The molecular formula is C22H26BrN3O5. The third kappa shape index (κ3) is 4.84. The average molecular weight is 492 g/mol. The number of benzene rings is 2. The fourth-order valence-corrected chi connectivity index (χ4v) is 3.71. The van der Waals surface area contributed by atoms with E-state index in [-0.39, 0.29) is 18.2 Å². The topological polar surface area (TPSA) is 100 Å². The van der Waals surface area contributed by atoms with Gasteiger partial charge in [-0.05, 0) is 50.6 Å². The van der Waals surface area contributed by atoms with Crippen molar-refractivity contribution in [3.8, 4) is 5.75 Å². The zero-order valence-electron chi connectivity index (χ0n) is 17.6. The Bertz CT molecular complexity index is 968. The Hall–Kier alpha value is -2.62. The van der Waals surface area contributed by atoms with Gasteiger partial charge in [0.15, 0.2) is 0 Å². The van der Waals surface area contributed by atoms with E-state index in [4.69, 9.17) is 9.47 Å². The van der Waals surface area contributed by atoms with Crippen molar-refractivity contribution >= 4 is 39.2 Å². The second-order valence-corrected chi connectivity index (χ2v) is 8.27. The number of rotatable bonds is 8. The first-order chi connectivity index (χ1) is 14.8. The number of carbonyl (C=O) groups excluding carboxylic acids is 2.